The van der Waals surface area contributed by atoms with E-state index in [1.54, 1.807) is 11.3 Å². The lowest BCUT2D eigenvalue weighted by atomic mass is 10.0. The minimum Gasteiger partial charge on any atom is -0.366 e. The largest absolute Gasteiger partial charge is 0.366 e. The van der Waals surface area contributed by atoms with E-state index >= 15 is 0 Å². The van der Waals surface area contributed by atoms with E-state index in [4.69, 9.17) is 17.6 Å². The van der Waals surface area contributed by atoms with Crippen LogP contribution in [0, 0.1) is 0 Å². The lowest BCUT2D eigenvalue weighted by Gasteiger charge is -2.25. The van der Waals surface area contributed by atoms with Crippen molar-refractivity contribution in [2.24, 2.45) is 0 Å². The van der Waals surface area contributed by atoms with Crippen LogP contribution in [0.25, 0.3) is 43.0 Å². The van der Waals surface area contributed by atoms with Gasteiger partial charge in [-0.3, -0.25) is 0 Å². The topological polar surface area (TPSA) is 37.0 Å². The number of nitrogens with one attached hydrogen (secondary N) is 2. The van der Waals surface area contributed by atoms with Gasteiger partial charge in [0.2, 0.25) is 0 Å². The molecular formula is C39H29N3S3. The number of para-hydroxylation sites is 2. The number of benzene rings is 6. The second-order valence-electron chi connectivity index (χ2n) is 11.3. The van der Waals surface area contributed by atoms with Gasteiger partial charge in [-0.1, -0.05) is 109 Å². The Morgan fingerprint density at radius 1 is 0.689 bits per heavy atom. The highest BCUT2D eigenvalue weighted by Gasteiger charge is 2.36. The van der Waals surface area contributed by atoms with Gasteiger partial charge < -0.3 is 10.6 Å². The zero-order valence-corrected chi connectivity index (χ0v) is 27.0. The Morgan fingerprint density at radius 2 is 1.38 bits per heavy atom. The van der Waals surface area contributed by atoms with Crippen LogP contribution in [0.2, 0.25) is 0 Å². The van der Waals surface area contributed by atoms with Crippen LogP contribution in [-0.4, -0.2) is 4.98 Å². The number of anilines is 3. The first-order chi connectivity index (χ1) is 22.0. The molecule has 0 aliphatic carbocycles. The third-order valence-corrected chi connectivity index (χ3v) is 11.0. The van der Waals surface area contributed by atoms with E-state index in [1.807, 2.05) is 17.8 Å². The van der Waals surface area contributed by atoms with Crippen molar-refractivity contribution in [2.45, 2.75) is 21.6 Å². The Bertz CT molecular complexity index is 2160. The van der Waals surface area contributed by atoms with Crippen LogP contribution in [0.3, 0.4) is 0 Å². The summed E-state index contributed by atoms with van der Waals surface area (Å²) >= 11 is 8.44. The minimum absolute atomic E-state index is 0.264. The van der Waals surface area contributed by atoms with E-state index < -0.39 is 0 Å². The van der Waals surface area contributed by atoms with Gasteiger partial charge in [0.05, 0.1) is 21.6 Å². The van der Waals surface area contributed by atoms with Crippen molar-refractivity contribution in [3.8, 4) is 32.8 Å². The standard InChI is InChI=1S/C39H29N3S3/c1-39(42-37-31(15-9-17-35(37)45-39)26-12-6-3-7-13-26)28-19-21-29(22-20-28)40-32-23-18-27(24-33(32)43)38-41-36-30(14-8-16-34(36)44-38)25-10-4-2-5-11-25/h2-24,40,42-43H,1H3. The molecule has 2 heterocycles. The van der Waals surface area contributed by atoms with Gasteiger partial charge in [-0.05, 0) is 66.1 Å². The van der Waals surface area contributed by atoms with Crippen LogP contribution in [0.1, 0.15) is 12.5 Å². The second-order valence-corrected chi connectivity index (χ2v) is 14.2. The van der Waals surface area contributed by atoms with E-state index in [1.165, 1.54) is 37.5 Å². The number of thiol groups is 1. The van der Waals surface area contributed by atoms with Crippen molar-refractivity contribution in [3.05, 3.63) is 145 Å². The normalized spacial score (nSPS) is 15.5. The Balaban J connectivity index is 1.01. The van der Waals surface area contributed by atoms with Crippen molar-refractivity contribution in [2.75, 3.05) is 10.6 Å². The van der Waals surface area contributed by atoms with Crippen LogP contribution in [0.4, 0.5) is 17.1 Å². The average Bonchev–Trinajstić information content (AvgIpc) is 3.68. The monoisotopic (exact) mass is 635 g/mol. The molecule has 6 aromatic carbocycles. The molecule has 7 aromatic rings. The molecule has 0 bridgehead atoms. The summed E-state index contributed by atoms with van der Waals surface area (Å²) in [5, 5.41) is 8.40. The summed E-state index contributed by atoms with van der Waals surface area (Å²) in [7, 11) is 0. The highest BCUT2D eigenvalue weighted by atomic mass is 32.2. The highest BCUT2D eigenvalue weighted by Crippen LogP contribution is 2.53. The molecule has 218 valence electrons. The first-order valence-corrected chi connectivity index (χ1v) is 16.9. The summed E-state index contributed by atoms with van der Waals surface area (Å²) in [4.78, 5) is 6.94. The van der Waals surface area contributed by atoms with Gasteiger partial charge >= 0.3 is 0 Å². The van der Waals surface area contributed by atoms with Crippen molar-refractivity contribution in [1.82, 2.24) is 4.98 Å². The molecule has 0 amide bonds. The maximum absolute atomic E-state index is 5.06. The molecule has 0 radical (unpaired) electrons. The summed E-state index contributed by atoms with van der Waals surface area (Å²) in [6.45, 7) is 2.25. The Kier molecular flexibility index (Phi) is 7.13. The summed E-state index contributed by atoms with van der Waals surface area (Å²) in [5.74, 6) is 0. The third kappa shape index (κ3) is 5.29. The number of hydrogen-bond acceptors (Lipinski definition) is 6. The SMILES string of the molecule is CC1(c2ccc(Nc3ccc(-c4nc5c(-c6ccccc6)cccc5s4)cc3S)cc2)Nc2c(cccc2-c2ccccc2)S1. The molecule has 8 rings (SSSR count). The molecule has 6 heteroatoms. The number of thiazole rings is 1. The number of nitrogens with zero attached hydrogens (tertiary/aromatic N) is 1. The van der Waals surface area contributed by atoms with E-state index in [2.05, 4.69) is 151 Å². The van der Waals surface area contributed by atoms with E-state index in [-0.39, 0.29) is 4.87 Å². The molecule has 0 spiro atoms. The van der Waals surface area contributed by atoms with Crippen LogP contribution >= 0.6 is 35.7 Å². The lowest BCUT2D eigenvalue weighted by molar-refractivity contribution is 0.817. The van der Waals surface area contributed by atoms with Crippen LogP contribution in [-0.2, 0) is 4.87 Å². The van der Waals surface area contributed by atoms with Crippen molar-refractivity contribution < 1.29 is 0 Å². The number of fused-ring (bicyclic) bond motifs is 2. The van der Waals surface area contributed by atoms with Gasteiger partial charge in [0.15, 0.2) is 0 Å². The summed E-state index contributed by atoms with van der Waals surface area (Å²) in [6, 6.07) is 49.0. The highest BCUT2D eigenvalue weighted by molar-refractivity contribution is 8.00. The molecule has 0 saturated heterocycles. The molecule has 1 aliphatic heterocycles. The average molecular weight is 636 g/mol. The predicted octanol–water partition coefficient (Wildman–Crippen LogP) is 11.7. The molecule has 0 saturated carbocycles. The van der Waals surface area contributed by atoms with Crippen LogP contribution < -0.4 is 10.6 Å². The Morgan fingerprint density at radius 3 is 2.11 bits per heavy atom. The molecule has 0 fully saturated rings. The van der Waals surface area contributed by atoms with Crippen molar-refractivity contribution in [1.29, 1.82) is 0 Å². The lowest BCUT2D eigenvalue weighted by Crippen LogP contribution is -2.23. The maximum atomic E-state index is 5.06. The van der Waals surface area contributed by atoms with E-state index in [0.29, 0.717) is 0 Å². The van der Waals surface area contributed by atoms with Crippen LogP contribution in [0.15, 0.2) is 149 Å². The molecule has 3 nitrogen and oxygen atoms in total. The van der Waals surface area contributed by atoms with Gasteiger partial charge in [-0.2, -0.15) is 0 Å². The van der Waals surface area contributed by atoms with Crippen molar-refractivity contribution >= 4 is 63.0 Å². The number of thioether (sulfide) groups is 1. The van der Waals surface area contributed by atoms with Gasteiger partial charge in [0.25, 0.3) is 0 Å². The first kappa shape index (κ1) is 28.0. The molecule has 1 aliphatic rings. The molecule has 2 N–H and O–H groups in total. The first-order valence-electron chi connectivity index (χ1n) is 14.9. The fourth-order valence-corrected chi connectivity index (χ4v) is 8.45. The second kappa shape index (κ2) is 11.5. The Labute approximate surface area is 276 Å². The summed E-state index contributed by atoms with van der Waals surface area (Å²) in [5.41, 5.74) is 11.3. The van der Waals surface area contributed by atoms with Gasteiger partial charge in [-0.15, -0.1) is 24.0 Å². The van der Waals surface area contributed by atoms with Gasteiger partial charge in [-0.25, -0.2) is 4.98 Å². The van der Waals surface area contributed by atoms with Crippen molar-refractivity contribution in [3.63, 3.8) is 0 Å². The minimum atomic E-state index is -0.264. The third-order valence-electron chi connectivity index (χ3n) is 8.25. The summed E-state index contributed by atoms with van der Waals surface area (Å²) < 4.78 is 1.18. The van der Waals surface area contributed by atoms with E-state index in [0.717, 1.165) is 37.9 Å². The number of aromatic nitrogens is 1. The zero-order chi connectivity index (χ0) is 30.4. The molecule has 1 atom stereocenters. The molecule has 45 heavy (non-hydrogen) atoms. The van der Waals surface area contributed by atoms with Gasteiger partial charge in [0, 0.05) is 32.2 Å². The van der Waals surface area contributed by atoms with Crippen LogP contribution in [0.5, 0.6) is 0 Å². The summed E-state index contributed by atoms with van der Waals surface area (Å²) in [6.07, 6.45) is 0. The molecule has 1 aromatic heterocycles. The quantitative estimate of drug-likeness (QED) is 0.159. The van der Waals surface area contributed by atoms with E-state index in [9.17, 15) is 0 Å². The fraction of sp³-hybridized carbons (Fsp3) is 0.0513. The predicted molar refractivity (Wildman–Crippen MR) is 196 cm³/mol. The number of hydrogen-bond donors (Lipinski definition) is 3. The molecule has 1 unspecified atom stereocenters. The molecular weight excluding hydrogens is 607 g/mol. The smallest absolute Gasteiger partial charge is 0.124 e. The number of rotatable bonds is 6. The zero-order valence-electron chi connectivity index (χ0n) is 24.5. The fourth-order valence-electron chi connectivity index (χ4n) is 5.94. The Hall–Kier alpha value is -4.49. The maximum Gasteiger partial charge on any atom is 0.124 e. The van der Waals surface area contributed by atoms with Gasteiger partial charge in [0.1, 0.15) is 9.88 Å².